The third kappa shape index (κ3) is 7.14. The lowest BCUT2D eigenvalue weighted by Crippen LogP contribution is -2.37. The Balaban J connectivity index is 0.00000338. The minimum atomic E-state index is -0.135. The second kappa shape index (κ2) is 12.4. The van der Waals surface area contributed by atoms with Crippen molar-refractivity contribution in [2.24, 2.45) is 4.99 Å². The summed E-state index contributed by atoms with van der Waals surface area (Å²) in [4.78, 5) is 15.2. The van der Waals surface area contributed by atoms with Gasteiger partial charge in [0.2, 0.25) is 0 Å². The van der Waals surface area contributed by atoms with Gasteiger partial charge in [-0.1, -0.05) is 18.9 Å². The van der Waals surface area contributed by atoms with Crippen LogP contribution in [0.25, 0.3) is 5.65 Å². The summed E-state index contributed by atoms with van der Waals surface area (Å²) < 4.78 is 6.57. The topological polar surface area (TPSA) is 92.9 Å². The second-order valence-corrected chi connectivity index (χ2v) is 5.64. The van der Waals surface area contributed by atoms with E-state index in [0.717, 1.165) is 49.7 Å². The van der Waals surface area contributed by atoms with E-state index < -0.39 is 0 Å². The van der Waals surface area contributed by atoms with E-state index in [1.54, 1.807) is 7.05 Å². The fourth-order valence-corrected chi connectivity index (χ4v) is 2.45. The third-order valence-corrected chi connectivity index (χ3v) is 3.85. The number of carbonyl (C=O) groups excluding carboxylic acids is 1. The number of methoxy groups -OCH3 is 1. The molecule has 2 N–H and O–H groups in total. The highest BCUT2D eigenvalue weighted by atomic mass is 127. The van der Waals surface area contributed by atoms with E-state index in [4.69, 9.17) is 0 Å². The average molecular weight is 474 g/mol. The largest absolute Gasteiger partial charge is 0.469 e. The summed E-state index contributed by atoms with van der Waals surface area (Å²) in [6.07, 6.45) is 6.43. The minimum absolute atomic E-state index is 0. The molecular formula is C17H27IN6O2. The van der Waals surface area contributed by atoms with E-state index in [1.807, 2.05) is 28.8 Å². The number of ether oxygens (including phenoxy) is 1. The molecule has 9 heteroatoms. The van der Waals surface area contributed by atoms with Gasteiger partial charge in [0, 0.05) is 26.2 Å². The molecule has 0 saturated carbocycles. The number of esters is 1. The molecule has 0 aliphatic carbocycles. The normalized spacial score (nSPS) is 11.1. The van der Waals surface area contributed by atoms with Crippen molar-refractivity contribution in [1.29, 1.82) is 0 Å². The molecule has 8 nitrogen and oxygen atoms in total. The first-order valence-electron chi connectivity index (χ1n) is 8.54. The van der Waals surface area contributed by atoms with Crippen LogP contribution >= 0.6 is 24.0 Å². The molecule has 0 radical (unpaired) electrons. The van der Waals surface area contributed by atoms with Crippen LogP contribution < -0.4 is 10.6 Å². The Hall–Kier alpha value is -1.91. The van der Waals surface area contributed by atoms with Crippen molar-refractivity contribution in [3.05, 3.63) is 30.2 Å². The fourth-order valence-electron chi connectivity index (χ4n) is 2.45. The van der Waals surface area contributed by atoms with E-state index in [-0.39, 0.29) is 29.9 Å². The molecule has 0 amide bonds. The van der Waals surface area contributed by atoms with Crippen LogP contribution in [0.3, 0.4) is 0 Å². The minimum Gasteiger partial charge on any atom is -0.469 e. The van der Waals surface area contributed by atoms with Crippen LogP contribution in [0, 0.1) is 0 Å². The SMILES string of the molecule is CN=C(NCCCCCCC(=O)OC)NCc1nnc2ccccn12.I. The Kier molecular flexibility index (Phi) is 10.6. The summed E-state index contributed by atoms with van der Waals surface area (Å²) in [6.45, 7) is 1.38. The van der Waals surface area contributed by atoms with Gasteiger partial charge in [0.1, 0.15) is 0 Å². The lowest BCUT2D eigenvalue weighted by atomic mass is 10.1. The molecule has 0 unspecified atom stereocenters. The number of nitrogens with one attached hydrogen (secondary N) is 2. The summed E-state index contributed by atoms with van der Waals surface area (Å²) >= 11 is 0. The van der Waals surface area contributed by atoms with Crippen LogP contribution in [-0.4, -0.2) is 47.2 Å². The molecule has 0 fully saturated rings. The Morgan fingerprint density at radius 3 is 2.77 bits per heavy atom. The van der Waals surface area contributed by atoms with Gasteiger partial charge in [-0.15, -0.1) is 34.2 Å². The zero-order valence-corrected chi connectivity index (χ0v) is 17.6. The van der Waals surface area contributed by atoms with Crippen molar-refractivity contribution in [2.75, 3.05) is 20.7 Å². The van der Waals surface area contributed by atoms with E-state index in [1.165, 1.54) is 7.11 Å². The maximum absolute atomic E-state index is 11.0. The number of nitrogens with zero attached hydrogens (tertiary/aromatic N) is 4. The van der Waals surface area contributed by atoms with Gasteiger partial charge in [-0.2, -0.15) is 0 Å². The third-order valence-electron chi connectivity index (χ3n) is 3.85. The quantitative estimate of drug-likeness (QED) is 0.190. The van der Waals surface area contributed by atoms with E-state index in [0.29, 0.717) is 13.0 Å². The molecule has 0 bridgehead atoms. The zero-order chi connectivity index (χ0) is 17.9. The number of aromatic nitrogens is 3. The van der Waals surface area contributed by atoms with Crippen molar-refractivity contribution < 1.29 is 9.53 Å². The predicted molar refractivity (Wildman–Crippen MR) is 112 cm³/mol. The average Bonchev–Trinajstić information content (AvgIpc) is 3.06. The molecule has 144 valence electrons. The number of fused-ring (bicyclic) bond motifs is 1. The Morgan fingerprint density at radius 2 is 2.00 bits per heavy atom. The molecule has 0 aromatic carbocycles. The molecule has 26 heavy (non-hydrogen) atoms. The van der Waals surface area contributed by atoms with Gasteiger partial charge in [0.25, 0.3) is 0 Å². The summed E-state index contributed by atoms with van der Waals surface area (Å²) in [6, 6.07) is 5.81. The molecule has 2 aromatic heterocycles. The van der Waals surface area contributed by atoms with E-state index in [9.17, 15) is 4.79 Å². The van der Waals surface area contributed by atoms with Crippen LogP contribution in [0.2, 0.25) is 0 Å². The standard InChI is InChI=1S/C17H26N6O2.HI/c1-18-17(19-11-7-4-3-5-10-16(24)25-2)20-13-15-22-21-14-9-6-8-12-23(14)15;/h6,8-9,12H,3-5,7,10-11,13H2,1-2H3,(H2,18,19,20);1H. The summed E-state index contributed by atoms with van der Waals surface area (Å²) in [5.74, 6) is 1.44. The van der Waals surface area contributed by atoms with Crippen molar-refractivity contribution in [1.82, 2.24) is 25.2 Å². The van der Waals surface area contributed by atoms with Crippen LogP contribution in [0.15, 0.2) is 29.4 Å². The zero-order valence-electron chi connectivity index (χ0n) is 15.3. The number of rotatable bonds is 9. The summed E-state index contributed by atoms with van der Waals surface area (Å²) in [5.41, 5.74) is 0.828. The first kappa shape index (κ1) is 22.1. The van der Waals surface area contributed by atoms with Gasteiger partial charge in [-0.05, 0) is 25.0 Å². The highest BCUT2D eigenvalue weighted by molar-refractivity contribution is 14.0. The molecule has 2 rings (SSSR count). The van der Waals surface area contributed by atoms with Crippen molar-refractivity contribution in [3.63, 3.8) is 0 Å². The van der Waals surface area contributed by atoms with Crippen molar-refractivity contribution in [2.45, 2.75) is 38.6 Å². The Morgan fingerprint density at radius 1 is 1.19 bits per heavy atom. The number of unbranched alkanes of at least 4 members (excludes halogenated alkanes) is 3. The maximum Gasteiger partial charge on any atom is 0.305 e. The van der Waals surface area contributed by atoms with Crippen LogP contribution in [-0.2, 0) is 16.1 Å². The summed E-state index contributed by atoms with van der Waals surface area (Å²) in [5, 5.41) is 14.8. The van der Waals surface area contributed by atoms with Gasteiger partial charge in [-0.25, -0.2) is 0 Å². The number of guanidine groups is 1. The Labute approximate surface area is 170 Å². The van der Waals surface area contributed by atoms with Crippen molar-refractivity contribution >= 4 is 41.6 Å². The van der Waals surface area contributed by atoms with Crippen LogP contribution in [0.1, 0.15) is 37.9 Å². The number of hydrogen-bond acceptors (Lipinski definition) is 5. The molecule has 0 atom stereocenters. The molecule has 2 heterocycles. The number of carbonyl (C=O) groups is 1. The van der Waals surface area contributed by atoms with Crippen molar-refractivity contribution in [3.8, 4) is 0 Å². The molecule has 0 aliphatic heterocycles. The number of pyridine rings is 1. The number of hydrogen-bond donors (Lipinski definition) is 2. The summed E-state index contributed by atoms with van der Waals surface area (Å²) in [7, 11) is 3.17. The highest BCUT2D eigenvalue weighted by Gasteiger charge is 2.05. The number of halogens is 1. The predicted octanol–water partition coefficient (Wildman–Crippen LogP) is 2.14. The highest BCUT2D eigenvalue weighted by Crippen LogP contribution is 2.04. The molecular weight excluding hydrogens is 447 g/mol. The van der Waals surface area contributed by atoms with Gasteiger partial charge < -0.3 is 15.4 Å². The van der Waals surface area contributed by atoms with Gasteiger partial charge in [-0.3, -0.25) is 14.2 Å². The molecule has 0 aliphatic rings. The lowest BCUT2D eigenvalue weighted by molar-refractivity contribution is -0.140. The lowest BCUT2D eigenvalue weighted by Gasteiger charge is -2.11. The second-order valence-electron chi connectivity index (χ2n) is 5.64. The maximum atomic E-state index is 11.0. The molecule has 0 saturated heterocycles. The monoisotopic (exact) mass is 474 g/mol. The molecule has 2 aromatic rings. The fraction of sp³-hybridized carbons (Fsp3) is 0.529. The first-order valence-corrected chi connectivity index (χ1v) is 8.54. The van der Waals surface area contributed by atoms with Gasteiger partial charge in [0.15, 0.2) is 17.4 Å². The number of aliphatic imine (C=N–C) groups is 1. The van der Waals surface area contributed by atoms with Gasteiger partial charge in [0.05, 0.1) is 13.7 Å². The van der Waals surface area contributed by atoms with E-state index in [2.05, 4.69) is 30.6 Å². The molecule has 0 spiro atoms. The van der Waals surface area contributed by atoms with Gasteiger partial charge >= 0.3 is 5.97 Å². The first-order chi connectivity index (χ1) is 12.2. The van der Waals surface area contributed by atoms with Crippen LogP contribution in [0.4, 0.5) is 0 Å². The Bertz CT molecular complexity index is 703. The van der Waals surface area contributed by atoms with Crippen LogP contribution in [0.5, 0.6) is 0 Å². The smallest absolute Gasteiger partial charge is 0.305 e. The van der Waals surface area contributed by atoms with E-state index >= 15 is 0 Å².